The van der Waals surface area contributed by atoms with Gasteiger partial charge in [0.25, 0.3) is 5.91 Å². The molecule has 5 N–H and O–H groups in total. The quantitative estimate of drug-likeness (QED) is 0.349. The lowest BCUT2D eigenvalue weighted by Gasteiger charge is -2.14. The minimum absolute atomic E-state index is 0.163. The third-order valence-electron chi connectivity index (χ3n) is 3.58. The van der Waals surface area contributed by atoms with Crippen LogP contribution in [0.25, 0.3) is 0 Å². The molecule has 0 radical (unpaired) electrons. The summed E-state index contributed by atoms with van der Waals surface area (Å²) >= 11 is 23.8. The van der Waals surface area contributed by atoms with Crippen molar-refractivity contribution in [3.05, 3.63) is 62.8 Å². The minimum Gasteiger partial charge on any atom is -0.482 e. The maximum Gasteiger partial charge on any atom is 0.276 e. The molecule has 3 aromatic rings. The van der Waals surface area contributed by atoms with Crippen molar-refractivity contribution >= 4 is 75.3 Å². The first-order valence-electron chi connectivity index (χ1n) is 8.28. The zero-order valence-corrected chi connectivity index (χ0v) is 18.1. The first-order chi connectivity index (χ1) is 14.3. The average Bonchev–Trinajstić information content (AvgIpc) is 2.67. The molecule has 1 aromatic heterocycles. The smallest absolute Gasteiger partial charge is 0.276 e. The fourth-order valence-corrected chi connectivity index (χ4v) is 3.25. The summed E-state index contributed by atoms with van der Waals surface area (Å²) in [7, 11) is 0. The number of rotatable bonds is 7. The van der Waals surface area contributed by atoms with Crippen LogP contribution in [-0.2, 0) is 4.79 Å². The second-order valence-electron chi connectivity index (χ2n) is 5.80. The zero-order chi connectivity index (χ0) is 21.7. The van der Waals surface area contributed by atoms with Gasteiger partial charge in [-0.2, -0.15) is 0 Å². The molecule has 156 valence electrons. The lowest BCUT2D eigenvalue weighted by molar-refractivity contribution is -0.122. The first-order valence-corrected chi connectivity index (χ1v) is 9.79. The minimum atomic E-state index is -0.491. The number of carbonyl (C=O) groups is 1. The van der Waals surface area contributed by atoms with E-state index >= 15 is 0 Å². The summed E-state index contributed by atoms with van der Waals surface area (Å²) in [6.07, 6.45) is 1.27. The van der Waals surface area contributed by atoms with Gasteiger partial charge in [0.05, 0.1) is 5.02 Å². The third kappa shape index (κ3) is 5.93. The number of nitrogen functional groups attached to an aromatic ring is 1. The summed E-state index contributed by atoms with van der Waals surface area (Å²) < 4.78 is 5.35. The molecule has 0 saturated heterocycles. The standard InChI is InChI=1S/C18H14Cl4N6O2/c19-9-1-2-14(13(22)6-9)30-7-15(29)27-28-18-16(23)17(24-8-25-18)26-12-4-10(20)3-11(21)5-12/h1-6,8H,7,23H2,(H,27,29)(H2,24,25,26,28). The highest BCUT2D eigenvalue weighted by molar-refractivity contribution is 6.35. The van der Waals surface area contributed by atoms with Crippen LogP contribution < -0.4 is 26.6 Å². The molecule has 0 spiro atoms. The molecule has 0 unspecified atom stereocenters. The predicted octanol–water partition coefficient (Wildman–Crippen LogP) is 4.94. The number of aromatic nitrogens is 2. The van der Waals surface area contributed by atoms with Crippen molar-refractivity contribution in [3.8, 4) is 5.75 Å². The number of nitrogens with one attached hydrogen (secondary N) is 3. The van der Waals surface area contributed by atoms with E-state index in [-0.39, 0.29) is 18.1 Å². The Hall–Kier alpha value is -2.65. The molecule has 3 rings (SSSR count). The highest BCUT2D eigenvalue weighted by Gasteiger charge is 2.11. The Morgan fingerprint density at radius 3 is 2.37 bits per heavy atom. The molecule has 0 bridgehead atoms. The molecule has 2 aromatic carbocycles. The molecule has 0 atom stereocenters. The molecule has 0 aliphatic heterocycles. The van der Waals surface area contributed by atoms with Crippen molar-refractivity contribution in [1.29, 1.82) is 0 Å². The molecule has 0 aliphatic carbocycles. The van der Waals surface area contributed by atoms with E-state index in [9.17, 15) is 4.79 Å². The van der Waals surface area contributed by atoms with Crippen molar-refractivity contribution in [2.75, 3.05) is 23.1 Å². The average molecular weight is 488 g/mol. The Balaban J connectivity index is 1.60. The number of nitrogens with zero attached hydrogens (tertiary/aromatic N) is 2. The van der Waals surface area contributed by atoms with E-state index in [1.54, 1.807) is 30.3 Å². The van der Waals surface area contributed by atoms with Gasteiger partial charge >= 0.3 is 0 Å². The number of halogens is 4. The Labute approximate surface area is 191 Å². The van der Waals surface area contributed by atoms with Crippen molar-refractivity contribution in [2.45, 2.75) is 0 Å². The lowest BCUT2D eigenvalue weighted by atomic mass is 10.3. The molecular weight excluding hydrogens is 474 g/mol. The van der Waals surface area contributed by atoms with Gasteiger partial charge in [0, 0.05) is 20.8 Å². The van der Waals surface area contributed by atoms with Gasteiger partial charge in [-0.3, -0.25) is 15.6 Å². The van der Waals surface area contributed by atoms with Crippen molar-refractivity contribution in [2.24, 2.45) is 0 Å². The fraction of sp³-hybridized carbons (Fsp3) is 0.0556. The second-order valence-corrected chi connectivity index (χ2v) is 7.52. The van der Waals surface area contributed by atoms with Crippen LogP contribution in [-0.4, -0.2) is 22.5 Å². The number of hydrogen-bond acceptors (Lipinski definition) is 7. The molecule has 0 fully saturated rings. The van der Waals surface area contributed by atoms with E-state index in [0.29, 0.717) is 37.3 Å². The summed E-state index contributed by atoms with van der Waals surface area (Å²) in [5, 5.41) is 4.64. The highest BCUT2D eigenvalue weighted by atomic mass is 35.5. The van der Waals surface area contributed by atoms with Crippen molar-refractivity contribution in [3.63, 3.8) is 0 Å². The van der Waals surface area contributed by atoms with Gasteiger partial charge < -0.3 is 15.8 Å². The second kappa shape index (κ2) is 9.90. The topological polar surface area (TPSA) is 114 Å². The van der Waals surface area contributed by atoms with Gasteiger partial charge in [-0.15, -0.1) is 0 Å². The zero-order valence-electron chi connectivity index (χ0n) is 15.0. The number of ether oxygens (including phenoxy) is 1. The Kier molecular flexibility index (Phi) is 7.28. The number of carbonyl (C=O) groups excluding carboxylic acids is 1. The van der Waals surface area contributed by atoms with E-state index in [1.807, 2.05) is 0 Å². The SMILES string of the molecule is Nc1c(NNC(=O)COc2ccc(Cl)cc2Cl)ncnc1Nc1cc(Cl)cc(Cl)c1. The van der Waals surface area contributed by atoms with Crippen LogP contribution in [0.2, 0.25) is 20.1 Å². The fourth-order valence-electron chi connectivity index (χ4n) is 2.26. The largest absolute Gasteiger partial charge is 0.482 e. The maximum atomic E-state index is 12.0. The van der Waals surface area contributed by atoms with Crippen LogP contribution in [0.15, 0.2) is 42.7 Å². The van der Waals surface area contributed by atoms with Crippen molar-refractivity contribution in [1.82, 2.24) is 15.4 Å². The van der Waals surface area contributed by atoms with E-state index in [2.05, 4.69) is 26.1 Å². The number of anilines is 4. The van der Waals surface area contributed by atoms with Gasteiger partial charge in [0.2, 0.25) is 0 Å². The van der Waals surface area contributed by atoms with Crippen LogP contribution in [0.3, 0.4) is 0 Å². The highest BCUT2D eigenvalue weighted by Crippen LogP contribution is 2.29. The molecule has 0 aliphatic rings. The predicted molar refractivity (Wildman–Crippen MR) is 120 cm³/mol. The molecule has 1 amide bonds. The maximum absolute atomic E-state index is 12.0. The van der Waals surface area contributed by atoms with Crippen LogP contribution >= 0.6 is 46.4 Å². The summed E-state index contributed by atoms with van der Waals surface area (Å²) in [6, 6.07) is 9.58. The molecule has 8 nitrogen and oxygen atoms in total. The summed E-state index contributed by atoms with van der Waals surface area (Å²) in [5.41, 5.74) is 11.9. The van der Waals surface area contributed by atoms with E-state index in [4.69, 9.17) is 56.9 Å². The van der Waals surface area contributed by atoms with Gasteiger partial charge in [-0.25, -0.2) is 9.97 Å². The Bertz CT molecular complexity index is 1060. The van der Waals surface area contributed by atoms with Crippen LogP contribution in [0.4, 0.5) is 23.0 Å². The number of amides is 1. The van der Waals surface area contributed by atoms with E-state index in [0.717, 1.165) is 0 Å². The molecule has 12 heteroatoms. The Morgan fingerprint density at radius 1 is 0.967 bits per heavy atom. The monoisotopic (exact) mass is 486 g/mol. The lowest BCUT2D eigenvalue weighted by Crippen LogP contribution is -2.34. The number of hydrazine groups is 1. The van der Waals surface area contributed by atoms with Crippen LogP contribution in [0.5, 0.6) is 5.75 Å². The normalized spacial score (nSPS) is 10.4. The molecule has 0 saturated carbocycles. The molecule has 1 heterocycles. The van der Waals surface area contributed by atoms with Gasteiger partial charge in [-0.1, -0.05) is 46.4 Å². The van der Waals surface area contributed by atoms with Crippen LogP contribution in [0.1, 0.15) is 0 Å². The molecular formula is C18H14Cl4N6O2. The summed E-state index contributed by atoms with van der Waals surface area (Å²) in [4.78, 5) is 20.1. The van der Waals surface area contributed by atoms with Gasteiger partial charge in [-0.05, 0) is 36.4 Å². The van der Waals surface area contributed by atoms with Gasteiger partial charge in [0.15, 0.2) is 18.2 Å². The third-order valence-corrected chi connectivity index (χ3v) is 4.55. The summed E-state index contributed by atoms with van der Waals surface area (Å²) in [6.45, 7) is -0.300. The Morgan fingerprint density at radius 2 is 1.67 bits per heavy atom. The van der Waals surface area contributed by atoms with Crippen LogP contribution in [0, 0.1) is 0 Å². The first kappa shape index (κ1) is 22.0. The number of benzene rings is 2. The number of hydrogen-bond donors (Lipinski definition) is 4. The van der Waals surface area contributed by atoms with Crippen molar-refractivity contribution < 1.29 is 9.53 Å². The van der Waals surface area contributed by atoms with E-state index in [1.165, 1.54) is 12.4 Å². The van der Waals surface area contributed by atoms with E-state index < -0.39 is 5.91 Å². The summed E-state index contributed by atoms with van der Waals surface area (Å²) in [5.74, 6) is 0.308. The van der Waals surface area contributed by atoms with Gasteiger partial charge in [0.1, 0.15) is 17.8 Å². The molecule has 30 heavy (non-hydrogen) atoms. The number of nitrogens with two attached hydrogens (primary N) is 1.